The number of benzene rings is 1. The summed E-state index contributed by atoms with van der Waals surface area (Å²) in [5.41, 5.74) is 0.586. The molecular formula is C12H15NO4. The molecule has 1 aromatic carbocycles. The lowest BCUT2D eigenvalue weighted by atomic mass is 10.0. The molecule has 1 unspecified atom stereocenters. The molecule has 1 rings (SSSR count). The van der Waals surface area contributed by atoms with Gasteiger partial charge in [-0.15, -0.1) is 0 Å². The Labute approximate surface area is 99.1 Å². The number of aromatic carboxylic acids is 1. The zero-order chi connectivity index (χ0) is 12.8. The highest BCUT2D eigenvalue weighted by Crippen LogP contribution is 2.09. The van der Waals surface area contributed by atoms with Gasteiger partial charge in [-0.25, -0.2) is 4.79 Å². The first-order valence-corrected chi connectivity index (χ1v) is 5.26. The molecule has 1 aromatic rings. The molecule has 0 fully saturated rings. The maximum Gasteiger partial charge on any atom is 0.335 e. The largest absolute Gasteiger partial charge is 0.478 e. The molecular weight excluding hydrogens is 222 g/mol. The molecule has 0 spiro atoms. The van der Waals surface area contributed by atoms with E-state index in [0.29, 0.717) is 5.56 Å². The molecule has 5 heteroatoms. The Kier molecular flexibility index (Phi) is 4.66. The standard InChI is InChI=1S/C12H15NO4/c1-8(14)7-13-11(15)6-9-4-2-3-5-10(9)12(16)17/h2-5,8,14H,6-7H2,1H3,(H,13,15)(H,16,17). The van der Waals surface area contributed by atoms with Gasteiger partial charge in [0.05, 0.1) is 18.1 Å². The van der Waals surface area contributed by atoms with Crippen molar-refractivity contribution < 1.29 is 19.8 Å². The summed E-state index contributed by atoms with van der Waals surface area (Å²) < 4.78 is 0. The molecule has 1 amide bonds. The first-order chi connectivity index (χ1) is 8.00. The summed E-state index contributed by atoms with van der Waals surface area (Å²) in [5, 5.41) is 20.4. The number of carbonyl (C=O) groups is 2. The van der Waals surface area contributed by atoms with Gasteiger partial charge in [0.2, 0.25) is 5.91 Å². The van der Waals surface area contributed by atoms with Crippen LogP contribution in [-0.2, 0) is 11.2 Å². The van der Waals surface area contributed by atoms with Crippen LogP contribution in [0.25, 0.3) is 0 Å². The zero-order valence-electron chi connectivity index (χ0n) is 9.51. The smallest absolute Gasteiger partial charge is 0.335 e. The van der Waals surface area contributed by atoms with Gasteiger partial charge in [-0.2, -0.15) is 0 Å². The lowest BCUT2D eigenvalue weighted by Crippen LogP contribution is -2.32. The highest BCUT2D eigenvalue weighted by atomic mass is 16.4. The monoisotopic (exact) mass is 237 g/mol. The first kappa shape index (κ1) is 13.2. The Bertz CT molecular complexity index is 415. The fourth-order valence-electron chi connectivity index (χ4n) is 1.38. The Morgan fingerprint density at radius 3 is 2.59 bits per heavy atom. The third-order valence-corrected chi connectivity index (χ3v) is 2.19. The van der Waals surface area contributed by atoms with Gasteiger partial charge in [-0.3, -0.25) is 4.79 Å². The van der Waals surface area contributed by atoms with Crippen LogP contribution in [0.5, 0.6) is 0 Å². The number of hydrogen-bond donors (Lipinski definition) is 3. The third kappa shape index (κ3) is 4.24. The van der Waals surface area contributed by atoms with Gasteiger partial charge in [0.15, 0.2) is 0 Å². The van der Waals surface area contributed by atoms with E-state index in [1.54, 1.807) is 25.1 Å². The molecule has 17 heavy (non-hydrogen) atoms. The van der Waals surface area contributed by atoms with Crippen LogP contribution >= 0.6 is 0 Å². The number of carboxylic acids is 1. The highest BCUT2D eigenvalue weighted by molar-refractivity contribution is 5.91. The molecule has 3 N–H and O–H groups in total. The van der Waals surface area contributed by atoms with Crippen molar-refractivity contribution in [2.75, 3.05) is 6.54 Å². The Hall–Kier alpha value is -1.88. The van der Waals surface area contributed by atoms with E-state index in [1.165, 1.54) is 6.07 Å². The molecule has 0 saturated carbocycles. The Balaban J connectivity index is 2.68. The third-order valence-electron chi connectivity index (χ3n) is 2.19. The normalized spacial score (nSPS) is 11.9. The molecule has 0 aromatic heterocycles. The van der Waals surface area contributed by atoms with E-state index in [0.717, 1.165) is 0 Å². The molecule has 0 radical (unpaired) electrons. The second kappa shape index (κ2) is 6.00. The van der Waals surface area contributed by atoms with E-state index in [4.69, 9.17) is 10.2 Å². The van der Waals surface area contributed by atoms with Gasteiger partial charge in [-0.05, 0) is 18.6 Å². The number of nitrogens with one attached hydrogen (secondary N) is 1. The number of carbonyl (C=O) groups excluding carboxylic acids is 1. The second-order valence-corrected chi connectivity index (χ2v) is 3.79. The van der Waals surface area contributed by atoms with Crippen molar-refractivity contribution in [1.82, 2.24) is 5.32 Å². The van der Waals surface area contributed by atoms with E-state index < -0.39 is 12.1 Å². The van der Waals surface area contributed by atoms with Gasteiger partial charge >= 0.3 is 5.97 Å². The number of aliphatic hydroxyl groups is 1. The highest BCUT2D eigenvalue weighted by Gasteiger charge is 2.12. The van der Waals surface area contributed by atoms with Crippen molar-refractivity contribution in [2.24, 2.45) is 0 Å². The Morgan fingerprint density at radius 1 is 1.35 bits per heavy atom. The van der Waals surface area contributed by atoms with Crippen molar-refractivity contribution in [3.05, 3.63) is 35.4 Å². The summed E-state index contributed by atoms with van der Waals surface area (Å²) in [6.07, 6.45) is -0.622. The fraction of sp³-hybridized carbons (Fsp3) is 0.333. The van der Waals surface area contributed by atoms with Crippen molar-refractivity contribution in [3.63, 3.8) is 0 Å². The van der Waals surface area contributed by atoms with Gasteiger partial charge < -0.3 is 15.5 Å². The summed E-state index contributed by atoms with van der Waals surface area (Å²) in [5.74, 6) is -1.36. The lowest BCUT2D eigenvalue weighted by molar-refractivity contribution is -0.120. The van der Waals surface area contributed by atoms with Gasteiger partial charge in [-0.1, -0.05) is 18.2 Å². The molecule has 0 aliphatic rings. The van der Waals surface area contributed by atoms with Crippen LogP contribution in [0.2, 0.25) is 0 Å². The van der Waals surface area contributed by atoms with E-state index in [2.05, 4.69) is 5.32 Å². The number of rotatable bonds is 5. The molecule has 0 bridgehead atoms. The van der Waals surface area contributed by atoms with E-state index in [-0.39, 0.29) is 24.4 Å². The average molecular weight is 237 g/mol. The predicted molar refractivity (Wildman–Crippen MR) is 61.8 cm³/mol. The summed E-state index contributed by atoms with van der Waals surface area (Å²) in [6, 6.07) is 6.36. The van der Waals surface area contributed by atoms with Crippen LogP contribution in [0.15, 0.2) is 24.3 Å². The first-order valence-electron chi connectivity index (χ1n) is 5.26. The van der Waals surface area contributed by atoms with Crippen LogP contribution in [0.3, 0.4) is 0 Å². The SMILES string of the molecule is CC(O)CNC(=O)Cc1ccccc1C(=O)O. The van der Waals surface area contributed by atoms with Crippen LogP contribution in [0.4, 0.5) is 0 Å². The van der Waals surface area contributed by atoms with Crippen molar-refractivity contribution in [1.29, 1.82) is 0 Å². The summed E-state index contributed by atoms with van der Waals surface area (Å²) in [4.78, 5) is 22.4. The summed E-state index contributed by atoms with van der Waals surface area (Å²) in [6.45, 7) is 1.72. The van der Waals surface area contributed by atoms with Crippen molar-refractivity contribution in [2.45, 2.75) is 19.4 Å². The number of hydrogen-bond acceptors (Lipinski definition) is 3. The maximum absolute atomic E-state index is 11.5. The molecule has 5 nitrogen and oxygen atoms in total. The lowest BCUT2D eigenvalue weighted by Gasteiger charge is -2.08. The van der Waals surface area contributed by atoms with E-state index >= 15 is 0 Å². The van der Waals surface area contributed by atoms with Gasteiger partial charge in [0, 0.05) is 6.54 Å². The van der Waals surface area contributed by atoms with Crippen LogP contribution in [0, 0.1) is 0 Å². The minimum Gasteiger partial charge on any atom is -0.478 e. The minimum atomic E-state index is -1.05. The second-order valence-electron chi connectivity index (χ2n) is 3.79. The van der Waals surface area contributed by atoms with Gasteiger partial charge in [0.25, 0.3) is 0 Å². The van der Waals surface area contributed by atoms with E-state index in [9.17, 15) is 9.59 Å². The number of amides is 1. The Morgan fingerprint density at radius 2 is 2.00 bits per heavy atom. The van der Waals surface area contributed by atoms with Crippen molar-refractivity contribution >= 4 is 11.9 Å². The van der Waals surface area contributed by atoms with E-state index in [1.807, 2.05) is 0 Å². The zero-order valence-corrected chi connectivity index (χ0v) is 9.51. The molecule has 0 heterocycles. The summed E-state index contributed by atoms with van der Waals surface area (Å²) in [7, 11) is 0. The average Bonchev–Trinajstić information content (AvgIpc) is 2.27. The maximum atomic E-state index is 11.5. The van der Waals surface area contributed by atoms with Crippen LogP contribution in [-0.4, -0.2) is 34.7 Å². The summed E-state index contributed by atoms with van der Waals surface area (Å²) >= 11 is 0. The number of carboxylic acid groups (broad SMARTS) is 1. The molecule has 1 atom stereocenters. The molecule has 0 aliphatic carbocycles. The van der Waals surface area contributed by atoms with Crippen LogP contribution < -0.4 is 5.32 Å². The molecule has 92 valence electrons. The number of aliphatic hydroxyl groups excluding tert-OH is 1. The van der Waals surface area contributed by atoms with Gasteiger partial charge in [0.1, 0.15) is 0 Å². The molecule has 0 saturated heterocycles. The van der Waals surface area contributed by atoms with Crippen LogP contribution in [0.1, 0.15) is 22.8 Å². The molecule has 0 aliphatic heterocycles. The quantitative estimate of drug-likeness (QED) is 0.693. The van der Waals surface area contributed by atoms with Crippen molar-refractivity contribution in [3.8, 4) is 0 Å². The predicted octanol–water partition coefficient (Wildman–Crippen LogP) is 0.424. The topological polar surface area (TPSA) is 86.6 Å². The minimum absolute atomic E-state index is 0.00477. The fourth-order valence-corrected chi connectivity index (χ4v) is 1.38.